The van der Waals surface area contributed by atoms with E-state index in [4.69, 9.17) is 0 Å². The van der Waals surface area contributed by atoms with Crippen molar-refractivity contribution in [2.45, 2.75) is 25.9 Å². The molecule has 1 aliphatic rings. The summed E-state index contributed by atoms with van der Waals surface area (Å²) in [6.07, 6.45) is 1.02. The van der Waals surface area contributed by atoms with E-state index in [1.54, 1.807) is 11.3 Å². The van der Waals surface area contributed by atoms with E-state index in [0.717, 1.165) is 46.8 Å². The first-order valence-corrected chi connectivity index (χ1v) is 9.44. The molecule has 0 bridgehead atoms. The molecule has 0 radical (unpaired) electrons. The van der Waals surface area contributed by atoms with Crippen LogP contribution in [0.1, 0.15) is 27.3 Å². The highest BCUT2D eigenvalue weighted by atomic mass is 32.1. The Hall–Kier alpha value is -2.18. The zero-order valence-corrected chi connectivity index (χ0v) is 15.3. The van der Waals surface area contributed by atoms with Crippen molar-refractivity contribution in [2.24, 2.45) is 0 Å². The van der Waals surface area contributed by atoms with Gasteiger partial charge in [-0.15, -0.1) is 11.3 Å². The summed E-state index contributed by atoms with van der Waals surface area (Å²) in [4.78, 5) is 16.6. The Morgan fingerprint density at radius 3 is 2.92 bits per heavy atom. The lowest BCUT2D eigenvalue weighted by Crippen LogP contribution is -2.37. The van der Waals surface area contributed by atoms with Gasteiger partial charge in [-0.25, -0.2) is 0 Å². The number of rotatable bonds is 4. The molecular formula is C19H22N4OS. The summed E-state index contributed by atoms with van der Waals surface area (Å²) >= 11 is 1.55. The Labute approximate surface area is 151 Å². The first-order valence-electron chi connectivity index (χ1n) is 8.62. The molecule has 5 nitrogen and oxygen atoms in total. The monoisotopic (exact) mass is 354 g/mol. The van der Waals surface area contributed by atoms with Crippen molar-refractivity contribution in [3.05, 3.63) is 52.5 Å². The van der Waals surface area contributed by atoms with Gasteiger partial charge < -0.3 is 10.2 Å². The number of nitrogens with one attached hydrogen (secondary N) is 1. The minimum absolute atomic E-state index is 0.112. The van der Waals surface area contributed by atoms with Crippen LogP contribution < -0.4 is 5.32 Å². The van der Waals surface area contributed by atoms with Gasteiger partial charge in [0.1, 0.15) is 4.83 Å². The number of aryl methyl sites for hydroxylation is 1. The maximum atomic E-state index is 12.9. The van der Waals surface area contributed by atoms with Crippen LogP contribution in [-0.4, -0.2) is 46.8 Å². The second kappa shape index (κ2) is 6.61. The second-order valence-electron chi connectivity index (χ2n) is 6.62. The van der Waals surface area contributed by atoms with E-state index in [9.17, 15) is 4.79 Å². The van der Waals surface area contributed by atoms with E-state index in [-0.39, 0.29) is 5.91 Å². The van der Waals surface area contributed by atoms with Gasteiger partial charge >= 0.3 is 0 Å². The summed E-state index contributed by atoms with van der Waals surface area (Å²) in [6, 6.07) is 12.6. The highest BCUT2D eigenvalue weighted by Gasteiger charge is 2.26. The highest BCUT2D eigenvalue weighted by molar-refractivity contribution is 7.20. The molecule has 1 unspecified atom stereocenters. The molecule has 2 aromatic heterocycles. The zero-order chi connectivity index (χ0) is 17.4. The number of likely N-dealkylation sites (N-methyl/N-ethyl adjacent to an activating group) is 1. The zero-order valence-electron chi connectivity index (χ0n) is 14.5. The van der Waals surface area contributed by atoms with Gasteiger partial charge in [-0.3, -0.25) is 9.48 Å². The van der Waals surface area contributed by atoms with E-state index in [1.807, 2.05) is 47.8 Å². The second-order valence-corrected chi connectivity index (χ2v) is 7.65. The Balaban J connectivity index is 1.63. The third-order valence-electron chi connectivity index (χ3n) is 4.90. The number of benzene rings is 1. The third-order valence-corrected chi connectivity index (χ3v) is 6.03. The van der Waals surface area contributed by atoms with Crippen LogP contribution in [0.5, 0.6) is 0 Å². The summed E-state index contributed by atoms with van der Waals surface area (Å²) < 4.78 is 2.01. The van der Waals surface area contributed by atoms with Crippen LogP contribution in [0, 0.1) is 6.92 Å². The molecule has 1 fully saturated rings. The van der Waals surface area contributed by atoms with Gasteiger partial charge in [0.15, 0.2) is 0 Å². The molecule has 3 heterocycles. The van der Waals surface area contributed by atoms with Crippen LogP contribution in [0.2, 0.25) is 0 Å². The van der Waals surface area contributed by atoms with Crippen LogP contribution >= 0.6 is 11.3 Å². The van der Waals surface area contributed by atoms with E-state index >= 15 is 0 Å². The smallest absolute Gasteiger partial charge is 0.264 e. The minimum atomic E-state index is 0.112. The van der Waals surface area contributed by atoms with Crippen molar-refractivity contribution in [2.75, 3.05) is 20.1 Å². The lowest BCUT2D eigenvalue weighted by atomic mass is 10.2. The van der Waals surface area contributed by atoms with Crippen molar-refractivity contribution < 1.29 is 4.79 Å². The molecule has 4 rings (SSSR count). The number of nitrogens with zero attached hydrogens (tertiary/aromatic N) is 3. The van der Waals surface area contributed by atoms with Gasteiger partial charge in [0.25, 0.3) is 5.91 Å². The summed E-state index contributed by atoms with van der Waals surface area (Å²) in [5.41, 5.74) is 2.19. The van der Waals surface area contributed by atoms with E-state index in [0.29, 0.717) is 6.04 Å². The summed E-state index contributed by atoms with van der Waals surface area (Å²) in [6.45, 7) is 4.60. The lowest BCUT2D eigenvalue weighted by Gasteiger charge is -2.22. The van der Waals surface area contributed by atoms with Gasteiger partial charge in [-0.1, -0.05) is 30.3 Å². The summed E-state index contributed by atoms with van der Waals surface area (Å²) in [7, 11) is 1.91. The Bertz CT molecular complexity index is 893. The maximum absolute atomic E-state index is 12.9. The molecule has 1 aliphatic heterocycles. The Morgan fingerprint density at radius 1 is 1.40 bits per heavy atom. The molecule has 1 amide bonds. The van der Waals surface area contributed by atoms with Crippen LogP contribution in [0.15, 0.2) is 36.4 Å². The number of aromatic nitrogens is 2. The summed E-state index contributed by atoms with van der Waals surface area (Å²) in [5, 5.41) is 9.07. The quantitative estimate of drug-likeness (QED) is 0.784. The van der Waals surface area contributed by atoms with Crippen LogP contribution in [0.3, 0.4) is 0 Å². The first-order chi connectivity index (χ1) is 12.1. The molecule has 25 heavy (non-hydrogen) atoms. The number of amides is 1. The van der Waals surface area contributed by atoms with E-state index < -0.39 is 0 Å². The molecule has 0 aliphatic carbocycles. The fourth-order valence-electron chi connectivity index (χ4n) is 3.39. The molecule has 1 aromatic carbocycles. The van der Waals surface area contributed by atoms with E-state index in [1.165, 1.54) is 5.56 Å². The van der Waals surface area contributed by atoms with Crippen molar-refractivity contribution in [3.8, 4) is 0 Å². The lowest BCUT2D eigenvalue weighted by molar-refractivity contribution is 0.0749. The average Bonchev–Trinajstić information content (AvgIpc) is 3.34. The van der Waals surface area contributed by atoms with Crippen molar-refractivity contribution in [1.29, 1.82) is 0 Å². The predicted molar refractivity (Wildman–Crippen MR) is 101 cm³/mol. The third kappa shape index (κ3) is 3.07. The van der Waals surface area contributed by atoms with Crippen LogP contribution in [-0.2, 0) is 6.54 Å². The van der Waals surface area contributed by atoms with Gasteiger partial charge in [-0.2, -0.15) is 5.10 Å². The molecule has 1 saturated heterocycles. The van der Waals surface area contributed by atoms with Crippen LogP contribution in [0.25, 0.3) is 10.2 Å². The molecule has 0 spiro atoms. The van der Waals surface area contributed by atoms with Gasteiger partial charge in [-0.05, 0) is 31.5 Å². The molecule has 1 N–H and O–H groups in total. The van der Waals surface area contributed by atoms with Crippen molar-refractivity contribution in [1.82, 2.24) is 20.0 Å². The fraction of sp³-hybridized carbons (Fsp3) is 0.368. The van der Waals surface area contributed by atoms with Gasteiger partial charge in [0.05, 0.1) is 17.1 Å². The molecule has 3 aromatic rings. The first kappa shape index (κ1) is 16.3. The number of hydrogen-bond acceptors (Lipinski definition) is 4. The number of thiophene rings is 1. The Morgan fingerprint density at radius 2 is 2.20 bits per heavy atom. The largest absolute Gasteiger partial charge is 0.337 e. The molecular weight excluding hydrogens is 332 g/mol. The SMILES string of the molecule is Cc1nn(Cc2ccccc2)c2sc(C(=O)N(C)C3CCNC3)cc12. The molecule has 130 valence electrons. The Kier molecular flexibility index (Phi) is 4.31. The minimum Gasteiger partial charge on any atom is -0.337 e. The van der Waals surface area contributed by atoms with Crippen molar-refractivity contribution in [3.63, 3.8) is 0 Å². The van der Waals surface area contributed by atoms with E-state index in [2.05, 4.69) is 22.5 Å². The molecule has 6 heteroatoms. The summed E-state index contributed by atoms with van der Waals surface area (Å²) in [5.74, 6) is 0.112. The normalized spacial score (nSPS) is 17.3. The number of carbonyl (C=O) groups excluding carboxylic acids is 1. The van der Waals surface area contributed by atoms with Gasteiger partial charge in [0.2, 0.25) is 0 Å². The fourth-order valence-corrected chi connectivity index (χ4v) is 4.53. The predicted octanol–water partition coefficient (Wildman–Crippen LogP) is 2.89. The number of carbonyl (C=O) groups is 1. The number of hydrogen-bond donors (Lipinski definition) is 1. The molecule has 0 saturated carbocycles. The molecule has 1 atom stereocenters. The van der Waals surface area contributed by atoms with Crippen molar-refractivity contribution >= 4 is 27.5 Å². The highest BCUT2D eigenvalue weighted by Crippen LogP contribution is 2.30. The topological polar surface area (TPSA) is 50.2 Å². The maximum Gasteiger partial charge on any atom is 0.264 e. The average molecular weight is 354 g/mol. The number of fused-ring (bicyclic) bond motifs is 1. The van der Waals surface area contributed by atoms with Crippen LogP contribution in [0.4, 0.5) is 0 Å². The van der Waals surface area contributed by atoms with Gasteiger partial charge in [0, 0.05) is 25.0 Å². The standard InChI is InChI=1S/C19H22N4OS/c1-13-16-10-17(18(24)22(2)15-8-9-20-11-15)25-19(16)23(21-13)12-14-6-4-3-5-7-14/h3-7,10,15,20H,8-9,11-12H2,1-2H3.